The molecule has 0 aliphatic carbocycles. The molecule has 8 heteroatoms. The third kappa shape index (κ3) is 10.0. The first-order valence-corrected chi connectivity index (χ1v) is 23.9. The van der Waals surface area contributed by atoms with Gasteiger partial charge in [0.15, 0.2) is 0 Å². The van der Waals surface area contributed by atoms with Crippen LogP contribution in [0.2, 0.25) is 0 Å². The Morgan fingerprint density at radius 3 is 1.37 bits per heavy atom. The Hall–Kier alpha value is -5.76. The lowest BCUT2D eigenvalue weighted by molar-refractivity contribution is -0.141. The summed E-state index contributed by atoms with van der Waals surface area (Å²) < 4.78 is 22.7. The molecule has 0 saturated carbocycles. The summed E-state index contributed by atoms with van der Waals surface area (Å²) in [6.45, 7) is 45.9. The van der Waals surface area contributed by atoms with Gasteiger partial charge < -0.3 is 18.9 Å². The number of hydrogen-bond donors (Lipinski definition) is 0. The summed E-state index contributed by atoms with van der Waals surface area (Å²) in [6.07, 6.45) is 0.191. The lowest BCUT2D eigenvalue weighted by atomic mass is 9.67. The van der Waals surface area contributed by atoms with Gasteiger partial charge in [-0.1, -0.05) is 157 Å². The third-order valence-corrected chi connectivity index (χ3v) is 13.7. The van der Waals surface area contributed by atoms with Crippen LogP contribution in [0.5, 0.6) is 11.5 Å². The van der Waals surface area contributed by atoms with Gasteiger partial charge in [0.2, 0.25) is 0 Å². The lowest BCUT2D eigenvalue weighted by Gasteiger charge is -2.32. The predicted octanol–water partition coefficient (Wildman–Crippen LogP) is 13.2. The largest absolute Gasteiger partial charge is 0.463 e. The second-order valence-corrected chi connectivity index (χ2v) is 22.9. The zero-order valence-electron chi connectivity index (χ0n) is 44.3. The minimum absolute atomic E-state index is 0.0946. The Balaban J connectivity index is 0.000000254. The number of rotatable bonds is 10. The molecule has 2 aliphatic heterocycles. The standard InChI is InChI=1S/2C30H38O4/c1-11-33-26(31)20(4)17-30(21-13-12-18(2)19(3)14-21)24-16-22(28(5,6)7)15-23(29(8,9)10)25(24)34-27(30)32;1-11-33-26(31)19(3)17-30(22-14-12-13-18(2)20(22)4)24-16-21(28(5,6)7)15-23(29(8,9)10)25(24)34-27(30)32/h12-16H,4,11,17H2,1-3,5-10H3;12-16H,3,11,17H2,1-2,4-10H3. The molecule has 4 aromatic rings. The first-order valence-electron chi connectivity index (χ1n) is 23.9. The highest BCUT2D eigenvalue weighted by Crippen LogP contribution is 2.55. The second-order valence-electron chi connectivity index (χ2n) is 22.9. The summed E-state index contributed by atoms with van der Waals surface area (Å²) in [5.41, 5.74) is 9.07. The number of esters is 4. The molecular weight excluding hydrogens is 849 g/mol. The normalized spacial score (nSPS) is 17.9. The van der Waals surface area contributed by atoms with Crippen LogP contribution in [0.25, 0.3) is 0 Å². The molecule has 0 bridgehead atoms. The molecule has 2 aliphatic rings. The molecule has 2 heterocycles. The highest BCUT2D eigenvalue weighted by atomic mass is 16.6. The van der Waals surface area contributed by atoms with E-state index >= 15 is 0 Å². The van der Waals surface area contributed by atoms with Gasteiger partial charge in [0.05, 0.1) is 13.2 Å². The van der Waals surface area contributed by atoms with Gasteiger partial charge in [-0.2, -0.15) is 0 Å². The van der Waals surface area contributed by atoms with Crippen LogP contribution in [0, 0.1) is 27.7 Å². The van der Waals surface area contributed by atoms with E-state index in [4.69, 9.17) is 18.9 Å². The van der Waals surface area contributed by atoms with E-state index < -0.39 is 22.8 Å². The Morgan fingerprint density at radius 1 is 0.529 bits per heavy atom. The molecule has 0 spiro atoms. The fraction of sp³-hybridized carbons (Fsp3) is 0.467. The van der Waals surface area contributed by atoms with Crippen molar-refractivity contribution >= 4 is 23.9 Å². The van der Waals surface area contributed by atoms with Crippen molar-refractivity contribution in [1.82, 2.24) is 0 Å². The molecule has 6 rings (SSSR count). The number of ether oxygens (including phenoxy) is 4. The Bertz CT molecular complexity index is 2690. The minimum atomic E-state index is -1.18. The maximum absolute atomic E-state index is 14.0. The van der Waals surface area contributed by atoms with E-state index in [0.717, 1.165) is 66.8 Å². The number of hydrogen-bond acceptors (Lipinski definition) is 8. The quantitative estimate of drug-likeness (QED) is 0.0880. The summed E-state index contributed by atoms with van der Waals surface area (Å²) in [6, 6.07) is 20.5. The van der Waals surface area contributed by atoms with Gasteiger partial charge >= 0.3 is 23.9 Å². The maximum atomic E-state index is 14.0. The molecule has 0 N–H and O–H groups in total. The van der Waals surface area contributed by atoms with Gasteiger partial charge in [-0.05, 0) is 108 Å². The van der Waals surface area contributed by atoms with Gasteiger partial charge in [0.25, 0.3) is 0 Å². The van der Waals surface area contributed by atoms with E-state index in [1.54, 1.807) is 13.8 Å². The Morgan fingerprint density at radius 2 is 0.956 bits per heavy atom. The van der Waals surface area contributed by atoms with Crippen molar-refractivity contribution < 1.29 is 38.1 Å². The van der Waals surface area contributed by atoms with Crippen molar-refractivity contribution in [2.45, 2.75) is 170 Å². The van der Waals surface area contributed by atoms with E-state index in [-0.39, 0.29) is 70.8 Å². The number of aryl methyl sites for hydroxylation is 3. The first kappa shape index (κ1) is 53.2. The maximum Gasteiger partial charge on any atom is 0.333 e. The average Bonchev–Trinajstić information content (AvgIpc) is 3.67. The number of benzene rings is 4. The van der Waals surface area contributed by atoms with E-state index in [1.165, 1.54) is 0 Å². The van der Waals surface area contributed by atoms with Crippen molar-refractivity contribution in [2.24, 2.45) is 0 Å². The van der Waals surface area contributed by atoms with E-state index in [2.05, 4.69) is 121 Å². The summed E-state index contributed by atoms with van der Waals surface area (Å²) in [7, 11) is 0. The van der Waals surface area contributed by atoms with Crippen molar-refractivity contribution in [2.75, 3.05) is 13.2 Å². The van der Waals surface area contributed by atoms with Crippen LogP contribution in [0.3, 0.4) is 0 Å². The SMILES string of the molecule is C=C(CC1(c2ccc(C)c(C)c2)C(=O)Oc2c(C(C)(C)C)cc(C(C)(C)C)cc21)C(=O)OCC.C=C(CC1(c2cccc(C)c2C)C(=O)Oc2c(C(C)(C)C)cc(C(C)(C)C)cc21)C(=O)OCC. The molecular formula is C60H76O8. The van der Waals surface area contributed by atoms with Crippen molar-refractivity contribution in [3.8, 4) is 11.5 Å². The lowest BCUT2D eigenvalue weighted by Crippen LogP contribution is -2.37. The van der Waals surface area contributed by atoms with Gasteiger partial charge in [0.1, 0.15) is 22.3 Å². The van der Waals surface area contributed by atoms with E-state index in [9.17, 15) is 19.2 Å². The molecule has 8 nitrogen and oxygen atoms in total. The number of carbonyl (C=O) groups excluding carboxylic acids is 4. The highest BCUT2D eigenvalue weighted by Gasteiger charge is 2.55. The number of fused-ring (bicyclic) bond motifs is 2. The summed E-state index contributed by atoms with van der Waals surface area (Å²) in [5, 5.41) is 0. The zero-order chi connectivity index (χ0) is 51.3. The predicted molar refractivity (Wildman–Crippen MR) is 273 cm³/mol. The monoisotopic (exact) mass is 925 g/mol. The fourth-order valence-corrected chi connectivity index (χ4v) is 9.20. The summed E-state index contributed by atoms with van der Waals surface area (Å²) >= 11 is 0. The first-order chi connectivity index (χ1) is 31.3. The Labute approximate surface area is 406 Å². The third-order valence-electron chi connectivity index (χ3n) is 13.7. The van der Waals surface area contributed by atoms with Crippen LogP contribution >= 0.6 is 0 Å². The van der Waals surface area contributed by atoms with Crippen LogP contribution in [-0.4, -0.2) is 37.1 Å². The molecule has 2 unspecified atom stereocenters. The molecule has 4 aromatic carbocycles. The van der Waals surface area contributed by atoms with Gasteiger partial charge in [-0.25, -0.2) is 9.59 Å². The zero-order valence-corrected chi connectivity index (χ0v) is 44.3. The van der Waals surface area contributed by atoms with Crippen LogP contribution < -0.4 is 9.47 Å². The molecule has 0 fully saturated rings. The van der Waals surface area contributed by atoms with Crippen LogP contribution in [0.1, 0.15) is 177 Å². The fourth-order valence-electron chi connectivity index (χ4n) is 9.20. The van der Waals surface area contributed by atoms with Crippen molar-refractivity contribution in [3.05, 3.63) is 152 Å². The van der Waals surface area contributed by atoms with E-state index in [0.29, 0.717) is 11.5 Å². The molecule has 0 saturated heterocycles. The smallest absolute Gasteiger partial charge is 0.333 e. The molecule has 0 aromatic heterocycles. The molecule has 0 amide bonds. The van der Waals surface area contributed by atoms with Gasteiger partial charge in [-0.15, -0.1) is 0 Å². The minimum Gasteiger partial charge on any atom is -0.463 e. The van der Waals surface area contributed by atoms with Crippen LogP contribution in [0.4, 0.5) is 0 Å². The summed E-state index contributed by atoms with van der Waals surface area (Å²) in [4.78, 5) is 53.1. The van der Waals surface area contributed by atoms with Crippen molar-refractivity contribution in [1.29, 1.82) is 0 Å². The number of carbonyl (C=O) groups is 4. The molecule has 2 atom stereocenters. The topological polar surface area (TPSA) is 105 Å². The molecule has 0 radical (unpaired) electrons. The van der Waals surface area contributed by atoms with Crippen LogP contribution in [0.15, 0.2) is 85.0 Å². The average molecular weight is 925 g/mol. The van der Waals surface area contributed by atoms with Gasteiger partial charge in [-0.3, -0.25) is 9.59 Å². The Kier molecular flexibility index (Phi) is 14.8. The van der Waals surface area contributed by atoms with Crippen molar-refractivity contribution in [3.63, 3.8) is 0 Å². The van der Waals surface area contributed by atoms with Crippen LogP contribution in [-0.2, 0) is 61.1 Å². The van der Waals surface area contributed by atoms with Gasteiger partial charge in [0, 0.05) is 46.2 Å². The van der Waals surface area contributed by atoms with E-state index in [1.807, 2.05) is 64.1 Å². The second kappa shape index (κ2) is 19.0. The summed E-state index contributed by atoms with van der Waals surface area (Å²) in [5.74, 6) is -0.541. The highest BCUT2D eigenvalue weighted by molar-refractivity contribution is 6.00. The molecule has 68 heavy (non-hydrogen) atoms. The molecule has 364 valence electrons.